The van der Waals surface area contributed by atoms with E-state index in [-0.39, 0.29) is 5.11 Å². The molecule has 1 aliphatic heterocycles. The molecule has 0 unspecified atom stereocenters. The Morgan fingerprint density at radius 1 is 1.26 bits per heavy atom. The largest absolute Gasteiger partial charge is 0.494 e. The van der Waals surface area contributed by atoms with Crippen LogP contribution in [-0.4, -0.2) is 29.7 Å². The highest BCUT2D eigenvalue weighted by atomic mass is 35.5. The maximum absolute atomic E-state index is 12.9. The zero-order valence-electron chi connectivity index (χ0n) is 14.4. The number of thiocarbonyl (C=S) groups is 1. The summed E-state index contributed by atoms with van der Waals surface area (Å²) in [4.78, 5) is 30.6. The number of carbonyl (C=O) groups is 2. The fraction of sp³-hybridized carbons (Fsp3) is 0.158. The zero-order valence-corrected chi connectivity index (χ0v) is 16.0. The van der Waals surface area contributed by atoms with Gasteiger partial charge in [0.2, 0.25) is 5.91 Å². The van der Waals surface area contributed by atoms with Crippen molar-refractivity contribution in [1.82, 2.24) is 5.32 Å². The van der Waals surface area contributed by atoms with Crippen molar-refractivity contribution in [2.75, 3.05) is 11.5 Å². The molecule has 0 aliphatic carbocycles. The van der Waals surface area contributed by atoms with Crippen LogP contribution in [-0.2, 0) is 9.59 Å². The van der Waals surface area contributed by atoms with Crippen molar-refractivity contribution in [2.45, 2.75) is 6.92 Å². The predicted molar refractivity (Wildman–Crippen MR) is 109 cm³/mol. The number of anilines is 1. The number of ether oxygens (including phenoxy) is 1. The van der Waals surface area contributed by atoms with Gasteiger partial charge in [-0.15, -0.1) is 0 Å². The second-order valence-corrected chi connectivity index (χ2v) is 6.45. The van der Waals surface area contributed by atoms with E-state index in [9.17, 15) is 9.59 Å². The number of aliphatic imine (C=N–C) groups is 1. The standard InChI is InChI=1S/C19H16ClN3O3S/c1-2-26-15-5-3-4-13(10-15)21-11-16-17(24)22-19(27)23(18(16)25)14-8-6-12(20)7-9-14/h3-11,16H,2H2,1H3,(H,22,24,27)/t16-/m0/s1. The molecule has 1 saturated heterocycles. The van der Waals surface area contributed by atoms with Crippen LogP contribution in [0.5, 0.6) is 5.75 Å². The molecule has 1 N–H and O–H groups in total. The number of hydrogen-bond acceptors (Lipinski definition) is 5. The number of hydrogen-bond donors (Lipinski definition) is 1. The minimum absolute atomic E-state index is 0.0234. The summed E-state index contributed by atoms with van der Waals surface area (Å²) in [5.74, 6) is -1.42. The van der Waals surface area contributed by atoms with E-state index >= 15 is 0 Å². The molecule has 2 amide bonds. The number of nitrogens with zero attached hydrogens (tertiary/aromatic N) is 2. The molecule has 2 aromatic carbocycles. The van der Waals surface area contributed by atoms with Crippen LogP contribution in [0.15, 0.2) is 53.5 Å². The Kier molecular flexibility index (Phi) is 5.83. The first-order valence-corrected chi connectivity index (χ1v) is 8.99. The lowest BCUT2D eigenvalue weighted by Gasteiger charge is -2.30. The average Bonchev–Trinajstić information content (AvgIpc) is 2.63. The molecule has 2 aromatic rings. The van der Waals surface area contributed by atoms with Crippen LogP contribution in [0, 0.1) is 5.92 Å². The van der Waals surface area contributed by atoms with E-state index in [1.807, 2.05) is 13.0 Å². The van der Waals surface area contributed by atoms with Gasteiger partial charge in [0.25, 0.3) is 5.91 Å². The minimum Gasteiger partial charge on any atom is -0.494 e. The van der Waals surface area contributed by atoms with Gasteiger partial charge in [0.05, 0.1) is 18.0 Å². The maximum atomic E-state index is 12.9. The van der Waals surface area contributed by atoms with Crippen LogP contribution >= 0.6 is 23.8 Å². The highest BCUT2D eigenvalue weighted by Crippen LogP contribution is 2.24. The second kappa shape index (κ2) is 8.28. The molecule has 138 valence electrons. The SMILES string of the molecule is CCOc1cccc(N=C[C@H]2C(=O)NC(=S)N(c3ccc(Cl)cc3)C2=O)c1. The van der Waals surface area contributed by atoms with Crippen molar-refractivity contribution in [3.05, 3.63) is 53.6 Å². The molecule has 0 spiro atoms. The smallest absolute Gasteiger partial charge is 0.251 e. The van der Waals surface area contributed by atoms with Gasteiger partial charge in [-0.25, -0.2) is 0 Å². The number of nitrogens with one attached hydrogen (secondary N) is 1. The van der Waals surface area contributed by atoms with E-state index in [1.165, 1.54) is 11.1 Å². The third-order valence-electron chi connectivity index (χ3n) is 3.79. The Labute approximate surface area is 166 Å². The van der Waals surface area contributed by atoms with E-state index in [0.29, 0.717) is 28.8 Å². The van der Waals surface area contributed by atoms with Gasteiger partial charge < -0.3 is 10.1 Å². The molecule has 1 fully saturated rings. The van der Waals surface area contributed by atoms with Crippen LogP contribution in [0.25, 0.3) is 0 Å². The lowest BCUT2D eigenvalue weighted by Crippen LogP contribution is -2.58. The van der Waals surface area contributed by atoms with Crippen LogP contribution in [0.4, 0.5) is 11.4 Å². The fourth-order valence-corrected chi connectivity index (χ4v) is 2.96. The third-order valence-corrected chi connectivity index (χ3v) is 4.32. The summed E-state index contributed by atoms with van der Waals surface area (Å²) >= 11 is 11.0. The van der Waals surface area contributed by atoms with Crippen molar-refractivity contribution in [2.24, 2.45) is 10.9 Å². The van der Waals surface area contributed by atoms with Crippen molar-refractivity contribution < 1.29 is 14.3 Å². The summed E-state index contributed by atoms with van der Waals surface area (Å²) in [6.07, 6.45) is 1.31. The van der Waals surface area contributed by atoms with Crippen molar-refractivity contribution in [3.8, 4) is 5.75 Å². The van der Waals surface area contributed by atoms with Gasteiger partial charge in [-0.3, -0.25) is 19.5 Å². The highest BCUT2D eigenvalue weighted by molar-refractivity contribution is 7.80. The van der Waals surface area contributed by atoms with Crippen molar-refractivity contribution in [1.29, 1.82) is 0 Å². The Hall–Kier alpha value is -2.77. The third kappa shape index (κ3) is 4.32. The van der Waals surface area contributed by atoms with Gasteiger partial charge in [-0.1, -0.05) is 17.7 Å². The molecule has 1 atom stereocenters. The normalized spacial score (nSPS) is 17.3. The summed E-state index contributed by atoms with van der Waals surface area (Å²) in [5.41, 5.74) is 1.10. The molecule has 8 heteroatoms. The Morgan fingerprint density at radius 3 is 2.70 bits per heavy atom. The lowest BCUT2D eigenvalue weighted by atomic mass is 10.1. The van der Waals surface area contributed by atoms with Crippen LogP contribution in [0.3, 0.4) is 0 Å². The molecule has 6 nitrogen and oxygen atoms in total. The van der Waals surface area contributed by atoms with Gasteiger partial charge in [-0.2, -0.15) is 0 Å². The minimum atomic E-state index is -1.09. The van der Waals surface area contributed by atoms with E-state index < -0.39 is 17.7 Å². The predicted octanol–water partition coefficient (Wildman–Crippen LogP) is 3.51. The second-order valence-electron chi connectivity index (χ2n) is 5.63. The quantitative estimate of drug-likeness (QED) is 0.473. The van der Waals surface area contributed by atoms with Gasteiger partial charge >= 0.3 is 0 Å². The van der Waals surface area contributed by atoms with E-state index in [0.717, 1.165) is 0 Å². The number of rotatable bonds is 5. The Bertz CT molecular complexity index is 915. The lowest BCUT2D eigenvalue weighted by molar-refractivity contribution is -0.130. The van der Waals surface area contributed by atoms with Gasteiger partial charge in [0, 0.05) is 17.3 Å². The fourth-order valence-electron chi connectivity index (χ4n) is 2.54. The van der Waals surface area contributed by atoms with E-state index in [4.69, 9.17) is 28.6 Å². The van der Waals surface area contributed by atoms with Gasteiger partial charge in [-0.05, 0) is 55.5 Å². The highest BCUT2D eigenvalue weighted by Gasteiger charge is 2.38. The summed E-state index contributed by atoms with van der Waals surface area (Å²) in [7, 11) is 0. The number of carbonyl (C=O) groups excluding carboxylic acids is 2. The molecule has 0 bridgehead atoms. The van der Waals surface area contributed by atoms with Crippen molar-refractivity contribution in [3.63, 3.8) is 0 Å². The average molecular weight is 402 g/mol. The number of halogens is 1. The van der Waals surface area contributed by atoms with Gasteiger partial charge in [0.15, 0.2) is 11.0 Å². The molecular formula is C19H16ClN3O3S. The summed E-state index contributed by atoms with van der Waals surface area (Å²) < 4.78 is 5.42. The monoisotopic (exact) mass is 401 g/mol. The van der Waals surface area contributed by atoms with Gasteiger partial charge in [0.1, 0.15) is 5.75 Å². The first-order valence-electron chi connectivity index (χ1n) is 8.21. The van der Waals surface area contributed by atoms with Crippen LogP contribution in [0.2, 0.25) is 5.02 Å². The topological polar surface area (TPSA) is 71.0 Å². The van der Waals surface area contributed by atoms with E-state index in [2.05, 4.69) is 10.3 Å². The summed E-state index contributed by atoms with van der Waals surface area (Å²) in [6.45, 7) is 2.42. The molecule has 3 rings (SSSR count). The van der Waals surface area contributed by atoms with E-state index in [1.54, 1.807) is 42.5 Å². The first kappa shape index (κ1) is 19.0. The van der Waals surface area contributed by atoms with Crippen LogP contribution in [0.1, 0.15) is 6.92 Å². The molecule has 0 saturated carbocycles. The molecule has 0 aromatic heterocycles. The zero-order chi connectivity index (χ0) is 19.4. The molecule has 1 aliphatic rings. The molecular weight excluding hydrogens is 386 g/mol. The number of amides is 2. The number of benzene rings is 2. The molecule has 0 radical (unpaired) electrons. The summed E-state index contributed by atoms with van der Waals surface area (Å²) in [6, 6.07) is 13.7. The summed E-state index contributed by atoms with van der Waals surface area (Å²) in [5, 5.41) is 3.10. The Balaban J connectivity index is 1.85. The first-order chi connectivity index (χ1) is 13.0. The Morgan fingerprint density at radius 2 is 2.00 bits per heavy atom. The maximum Gasteiger partial charge on any atom is 0.251 e. The molecule has 27 heavy (non-hydrogen) atoms. The molecule has 1 heterocycles. The van der Waals surface area contributed by atoms with Crippen LogP contribution < -0.4 is 15.0 Å². The van der Waals surface area contributed by atoms with Crippen molar-refractivity contribution >= 4 is 58.3 Å².